The first-order chi connectivity index (χ1) is 17.7. The number of hydrogen-bond acceptors (Lipinski definition) is 3. The van der Waals surface area contributed by atoms with Crippen molar-refractivity contribution in [2.45, 2.75) is 131 Å². The maximum Gasteiger partial charge on any atom is 0.397 e. The minimum absolute atomic E-state index is 0.198. The van der Waals surface area contributed by atoms with Crippen molar-refractivity contribution in [2.75, 3.05) is 6.61 Å². The molecule has 0 saturated heterocycles. The monoisotopic (exact) mass is 526 g/mol. The fourth-order valence-electron chi connectivity index (χ4n) is 5.26. The lowest BCUT2D eigenvalue weighted by atomic mass is 9.78. The van der Waals surface area contributed by atoms with Gasteiger partial charge in [0.25, 0.3) is 0 Å². The summed E-state index contributed by atoms with van der Waals surface area (Å²) >= 11 is 0. The first-order valence-electron chi connectivity index (χ1n) is 14.8. The van der Waals surface area contributed by atoms with E-state index in [1.807, 2.05) is 6.92 Å². The molecule has 3 nitrogen and oxygen atoms in total. The highest BCUT2D eigenvalue weighted by Crippen LogP contribution is 2.51. The Hall–Kier alpha value is -1.41. The molecule has 2 aromatic carbocycles. The van der Waals surface area contributed by atoms with Gasteiger partial charge >= 0.3 is 8.60 Å². The average Bonchev–Trinajstić information content (AvgIpc) is 2.98. The van der Waals surface area contributed by atoms with E-state index in [1.54, 1.807) is 0 Å². The van der Waals surface area contributed by atoms with Crippen LogP contribution in [0.3, 0.4) is 0 Å². The highest BCUT2D eigenvalue weighted by atomic mass is 31.2. The topological polar surface area (TPSA) is 27.7 Å². The molecule has 1 aliphatic heterocycles. The molecule has 4 heteroatoms. The summed E-state index contributed by atoms with van der Waals surface area (Å²) < 4.78 is 19.3. The van der Waals surface area contributed by atoms with Crippen molar-refractivity contribution in [3.8, 4) is 5.75 Å². The molecule has 2 aromatic rings. The van der Waals surface area contributed by atoms with Crippen molar-refractivity contribution in [2.24, 2.45) is 0 Å². The lowest BCUT2D eigenvalue weighted by molar-refractivity contribution is 0.205. The smallest absolute Gasteiger partial charge is 0.397 e. The lowest BCUT2D eigenvalue weighted by Crippen LogP contribution is -2.11. The molecule has 0 N–H and O–H groups in total. The van der Waals surface area contributed by atoms with Crippen LogP contribution < -0.4 is 4.52 Å². The standard InChI is InChI=1S/C33H51O3P/c1-11-21(6)26-16-28(23(8)13-3)32-20-35-37(34-15-5)36-33-29(24(9)14-4)17-27(22(7)12-2)19-31(33)25(10)30(32)18-26/h16-19,21-25H,11-15,20H2,1-10H3. The summed E-state index contributed by atoms with van der Waals surface area (Å²) in [4.78, 5) is 0. The normalized spacial score (nSPS) is 20.9. The Bertz CT molecular complexity index is 1030. The Balaban J connectivity index is 2.38. The van der Waals surface area contributed by atoms with Gasteiger partial charge < -0.3 is 9.05 Å². The number of fused-ring (bicyclic) bond motifs is 2. The van der Waals surface area contributed by atoms with Crippen LogP contribution >= 0.6 is 8.60 Å². The minimum atomic E-state index is -1.50. The lowest BCUT2D eigenvalue weighted by Gasteiger charge is -2.27. The summed E-state index contributed by atoms with van der Waals surface area (Å²) in [6.07, 6.45) is 4.42. The maximum absolute atomic E-state index is 6.73. The molecule has 6 atom stereocenters. The Labute approximate surface area is 228 Å². The van der Waals surface area contributed by atoms with Crippen LogP contribution in [0, 0.1) is 0 Å². The predicted molar refractivity (Wildman–Crippen MR) is 159 cm³/mol. The molecule has 37 heavy (non-hydrogen) atoms. The van der Waals surface area contributed by atoms with Crippen LogP contribution in [0.15, 0.2) is 24.3 Å². The first kappa shape index (κ1) is 30.1. The number of hydrogen-bond donors (Lipinski definition) is 0. The van der Waals surface area contributed by atoms with E-state index < -0.39 is 8.60 Å². The Kier molecular flexibility index (Phi) is 11.1. The fourth-order valence-corrected chi connectivity index (χ4v) is 6.25. The van der Waals surface area contributed by atoms with Gasteiger partial charge in [-0.05, 0) is 89.7 Å². The van der Waals surface area contributed by atoms with E-state index in [0.717, 1.165) is 31.4 Å². The van der Waals surface area contributed by atoms with Crippen LogP contribution in [0.4, 0.5) is 0 Å². The van der Waals surface area contributed by atoms with E-state index in [0.29, 0.717) is 36.9 Å². The number of benzene rings is 2. The van der Waals surface area contributed by atoms with Crippen LogP contribution in [0.1, 0.15) is 163 Å². The van der Waals surface area contributed by atoms with Crippen molar-refractivity contribution in [1.29, 1.82) is 0 Å². The highest BCUT2D eigenvalue weighted by molar-refractivity contribution is 7.42. The van der Waals surface area contributed by atoms with Crippen molar-refractivity contribution in [3.63, 3.8) is 0 Å². The van der Waals surface area contributed by atoms with Crippen LogP contribution in [0.25, 0.3) is 0 Å². The fraction of sp³-hybridized carbons (Fsp3) is 0.636. The largest absolute Gasteiger partial charge is 0.426 e. The van der Waals surface area contributed by atoms with Crippen LogP contribution in [0.2, 0.25) is 0 Å². The first-order valence-corrected chi connectivity index (χ1v) is 15.9. The van der Waals surface area contributed by atoms with Gasteiger partial charge in [0, 0.05) is 11.5 Å². The van der Waals surface area contributed by atoms with Crippen LogP contribution in [-0.2, 0) is 15.7 Å². The van der Waals surface area contributed by atoms with Crippen molar-refractivity contribution >= 4 is 8.60 Å². The molecule has 0 fully saturated rings. The van der Waals surface area contributed by atoms with Gasteiger partial charge in [0.2, 0.25) is 0 Å². The molecular formula is C33H51O3P. The van der Waals surface area contributed by atoms with Crippen LogP contribution in [-0.4, -0.2) is 6.61 Å². The second-order valence-corrected chi connectivity index (χ2v) is 12.3. The number of rotatable bonds is 10. The summed E-state index contributed by atoms with van der Waals surface area (Å²) in [5.41, 5.74) is 9.58. The SMILES string of the molecule is CCOP1OCc2c(C(C)CC)cc(C(C)CC)cc2C(C)c2cc(C(C)CC)cc(C(C)CC)c2O1. The molecule has 1 aliphatic rings. The van der Waals surface area contributed by atoms with Crippen molar-refractivity contribution in [3.05, 3.63) is 63.2 Å². The van der Waals surface area contributed by atoms with Gasteiger partial charge in [-0.25, -0.2) is 0 Å². The van der Waals surface area contributed by atoms with Gasteiger partial charge in [0.15, 0.2) is 0 Å². The van der Waals surface area contributed by atoms with E-state index in [4.69, 9.17) is 13.6 Å². The minimum Gasteiger partial charge on any atom is -0.426 e. The van der Waals surface area contributed by atoms with Gasteiger partial charge in [-0.3, -0.25) is 4.52 Å². The summed E-state index contributed by atoms with van der Waals surface area (Å²) in [6, 6.07) is 9.75. The Morgan fingerprint density at radius 1 is 0.757 bits per heavy atom. The average molecular weight is 527 g/mol. The Morgan fingerprint density at radius 2 is 1.27 bits per heavy atom. The van der Waals surface area contributed by atoms with Crippen molar-refractivity contribution in [1.82, 2.24) is 0 Å². The van der Waals surface area contributed by atoms with E-state index in [1.165, 1.54) is 38.9 Å². The third kappa shape index (κ3) is 6.60. The molecule has 0 bridgehead atoms. The summed E-state index contributed by atoms with van der Waals surface area (Å²) in [5.74, 6) is 3.07. The van der Waals surface area contributed by atoms with E-state index >= 15 is 0 Å². The second-order valence-electron chi connectivity index (χ2n) is 11.2. The third-order valence-corrected chi connectivity index (χ3v) is 9.95. The molecule has 0 spiro atoms. The van der Waals surface area contributed by atoms with Gasteiger partial charge in [0.05, 0.1) is 13.2 Å². The zero-order chi connectivity index (χ0) is 27.3. The molecule has 0 radical (unpaired) electrons. The zero-order valence-corrected chi connectivity index (χ0v) is 26.0. The third-order valence-electron chi connectivity index (χ3n) is 8.81. The molecule has 0 aromatic heterocycles. The molecule has 3 rings (SSSR count). The molecule has 0 saturated carbocycles. The van der Waals surface area contributed by atoms with Crippen LogP contribution in [0.5, 0.6) is 5.75 Å². The summed E-state index contributed by atoms with van der Waals surface area (Å²) in [7, 11) is -1.50. The summed E-state index contributed by atoms with van der Waals surface area (Å²) in [6.45, 7) is 24.0. The molecule has 0 aliphatic carbocycles. The van der Waals surface area contributed by atoms with Crippen molar-refractivity contribution < 1.29 is 13.6 Å². The predicted octanol–water partition coefficient (Wildman–Crippen LogP) is 11.1. The molecule has 6 unspecified atom stereocenters. The van der Waals surface area contributed by atoms with Gasteiger partial charge in [0.1, 0.15) is 5.75 Å². The van der Waals surface area contributed by atoms with Gasteiger partial charge in [-0.1, -0.05) is 86.6 Å². The molecule has 0 amide bonds. The highest BCUT2D eigenvalue weighted by Gasteiger charge is 2.31. The van der Waals surface area contributed by atoms with E-state index in [9.17, 15) is 0 Å². The Morgan fingerprint density at radius 3 is 1.81 bits per heavy atom. The van der Waals surface area contributed by atoms with Gasteiger partial charge in [-0.2, -0.15) is 0 Å². The maximum atomic E-state index is 6.73. The van der Waals surface area contributed by atoms with E-state index in [-0.39, 0.29) is 5.92 Å². The molecule has 1 heterocycles. The molecular weight excluding hydrogens is 475 g/mol. The van der Waals surface area contributed by atoms with E-state index in [2.05, 4.69) is 86.6 Å². The summed E-state index contributed by atoms with van der Waals surface area (Å²) in [5, 5.41) is 0. The zero-order valence-electron chi connectivity index (χ0n) is 25.1. The quantitative estimate of drug-likeness (QED) is 0.288. The van der Waals surface area contributed by atoms with Gasteiger partial charge in [-0.15, -0.1) is 0 Å². The second kappa shape index (κ2) is 13.6. The molecule has 206 valence electrons.